The van der Waals surface area contributed by atoms with Gasteiger partial charge >= 0.3 is 0 Å². The smallest absolute Gasteiger partial charge is 0.225 e. The van der Waals surface area contributed by atoms with Gasteiger partial charge in [-0.1, -0.05) is 0 Å². The molecule has 0 radical (unpaired) electrons. The lowest BCUT2D eigenvalue weighted by molar-refractivity contribution is 0.602. The third-order valence-electron chi connectivity index (χ3n) is 2.95. The Morgan fingerprint density at radius 1 is 1.15 bits per heavy atom. The lowest BCUT2D eigenvalue weighted by Crippen LogP contribution is -2.28. The number of aromatic nitrogens is 3. The van der Waals surface area contributed by atoms with E-state index in [2.05, 4.69) is 39.4 Å². The fourth-order valence-corrected chi connectivity index (χ4v) is 3.43. The van der Waals surface area contributed by atoms with Gasteiger partial charge in [-0.15, -0.1) is 22.7 Å². The Labute approximate surface area is 125 Å². The molecule has 0 spiro atoms. The zero-order valence-electron chi connectivity index (χ0n) is 11.5. The molecule has 7 heteroatoms. The first kappa shape index (κ1) is 13.3. The zero-order valence-corrected chi connectivity index (χ0v) is 13.1. The van der Waals surface area contributed by atoms with E-state index in [0.29, 0.717) is 5.95 Å². The normalized spacial score (nSPS) is 11.8. The van der Waals surface area contributed by atoms with Gasteiger partial charge in [-0.25, -0.2) is 9.97 Å². The number of thiophene rings is 1. The summed E-state index contributed by atoms with van der Waals surface area (Å²) in [6.07, 6.45) is 1.82. The molecule has 3 aromatic heterocycles. The maximum Gasteiger partial charge on any atom is 0.225 e. The summed E-state index contributed by atoms with van der Waals surface area (Å²) < 4.78 is 0. The van der Waals surface area contributed by atoms with Gasteiger partial charge in [0.25, 0.3) is 0 Å². The largest absolute Gasteiger partial charge is 0.358 e. The van der Waals surface area contributed by atoms with Crippen LogP contribution < -0.4 is 10.6 Å². The van der Waals surface area contributed by atoms with Crippen molar-refractivity contribution < 1.29 is 0 Å². The van der Waals surface area contributed by atoms with Crippen LogP contribution in [0.4, 0.5) is 11.8 Å². The number of fused-ring (bicyclic) bond motifs is 1. The highest BCUT2D eigenvalue weighted by atomic mass is 32.1. The first-order valence-corrected chi connectivity index (χ1v) is 7.97. The van der Waals surface area contributed by atoms with Crippen LogP contribution in [0, 0.1) is 0 Å². The molecule has 0 unspecified atom stereocenters. The first-order valence-electron chi connectivity index (χ1n) is 6.21. The van der Waals surface area contributed by atoms with E-state index in [4.69, 9.17) is 0 Å². The molecule has 5 nitrogen and oxygen atoms in total. The van der Waals surface area contributed by atoms with Crippen molar-refractivity contribution in [3.8, 4) is 0 Å². The summed E-state index contributed by atoms with van der Waals surface area (Å²) in [6.45, 7) is 4.20. The van der Waals surface area contributed by atoms with Crippen molar-refractivity contribution in [2.45, 2.75) is 19.4 Å². The van der Waals surface area contributed by atoms with Gasteiger partial charge in [-0.3, -0.25) is 0 Å². The molecule has 2 N–H and O–H groups in total. The second-order valence-electron chi connectivity index (χ2n) is 4.87. The number of rotatable bonds is 4. The van der Waals surface area contributed by atoms with E-state index in [9.17, 15) is 0 Å². The molecular weight excluding hydrogens is 290 g/mol. The number of nitrogens with zero attached hydrogens (tertiary/aromatic N) is 3. The van der Waals surface area contributed by atoms with Crippen molar-refractivity contribution in [2.75, 3.05) is 17.7 Å². The van der Waals surface area contributed by atoms with Gasteiger partial charge < -0.3 is 10.6 Å². The number of hydrogen-bond acceptors (Lipinski definition) is 7. The Bertz CT molecular complexity index is 718. The minimum absolute atomic E-state index is 0.275. The van der Waals surface area contributed by atoms with Gasteiger partial charge in [0, 0.05) is 18.6 Å². The quantitative estimate of drug-likeness (QED) is 0.772. The van der Waals surface area contributed by atoms with Gasteiger partial charge in [0.05, 0.1) is 10.9 Å². The molecule has 20 heavy (non-hydrogen) atoms. The van der Waals surface area contributed by atoms with E-state index >= 15 is 0 Å². The number of thiazole rings is 1. The van der Waals surface area contributed by atoms with E-state index in [0.717, 1.165) is 21.0 Å². The maximum absolute atomic E-state index is 4.54. The highest BCUT2D eigenvalue weighted by Crippen LogP contribution is 2.32. The third kappa shape index (κ3) is 2.34. The topological polar surface area (TPSA) is 62.7 Å². The average molecular weight is 305 g/mol. The van der Waals surface area contributed by atoms with Crippen molar-refractivity contribution in [2.24, 2.45) is 0 Å². The molecule has 3 aromatic rings. The molecule has 0 amide bonds. The van der Waals surface area contributed by atoms with E-state index in [-0.39, 0.29) is 5.54 Å². The highest BCUT2D eigenvalue weighted by molar-refractivity contribution is 7.16. The predicted octanol–water partition coefficient (Wildman–Crippen LogP) is 3.54. The lowest BCUT2D eigenvalue weighted by atomic mass is 10.1. The van der Waals surface area contributed by atoms with Gasteiger partial charge in [0.1, 0.15) is 15.7 Å². The summed E-state index contributed by atoms with van der Waals surface area (Å²) in [4.78, 5) is 14.4. The summed E-state index contributed by atoms with van der Waals surface area (Å²) >= 11 is 3.25. The molecule has 0 aromatic carbocycles. The number of hydrogen-bond donors (Lipinski definition) is 2. The minimum Gasteiger partial charge on any atom is -0.358 e. The van der Waals surface area contributed by atoms with E-state index in [1.807, 2.05) is 30.1 Å². The van der Waals surface area contributed by atoms with Gasteiger partial charge in [0.2, 0.25) is 5.95 Å². The SMILES string of the molecule is CNc1nc(NC(C)(C)c2nccs2)c2ccsc2n1. The first-order chi connectivity index (χ1) is 9.60. The molecule has 0 aliphatic carbocycles. The molecule has 0 aliphatic rings. The maximum atomic E-state index is 4.54. The van der Waals surface area contributed by atoms with Gasteiger partial charge in [0.15, 0.2) is 0 Å². The van der Waals surface area contributed by atoms with Crippen LogP contribution in [0.3, 0.4) is 0 Å². The van der Waals surface area contributed by atoms with Crippen LogP contribution in [0.2, 0.25) is 0 Å². The van der Waals surface area contributed by atoms with Crippen LogP contribution in [-0.4, -0.2) is 22.0 Å². The van der Waals surface area contributed by atoms with Crippen molar-refractivity contribution in [1.29, 1.82) is 0 Å². The highest BCUT2D eigenvalue weighted by Gasteiger charge is 2.25. The minimum atomic E-state index is -0.275. The van der Waals surface area contributed by atoms with Crippen molar-refractivity contribution in [1.82, 2.24) is 15.0 Å². The molecule has 0 aliphatic heterocycles. The van der Waals surface area contributed by atoms with Gasteiger partial charge in [-0.2, -0.15) is 4.98 Å². The molecule has 0 bridgehead atoms. The Morgan fingerprint density at radius 2 is 2.00 bits per heavy atom. The van der Waals surface area contributed by atoms with Crippen LogP contribution in [0.15, 0.2) is 23.0 Å². The average Bonchev–Trinajstić information content (AvgIpc) is 3.09. The van der Waals surface area contributed by atoms with Crippen molar-refractivity contribution in [3.05, 3.63) is 28.0 Å². The van der Waals surface area contributed by atoms with E-state index in [1.54, 1.807) is 22.7 Å². The van der Waals surface area contributed by atoms with Gasteiger partial charge in [-0.05, 0) is 25.3 Å². The summed E-state index contributed by atoms with van der Waals surface area (Å²) in [6, 6.07) is 2.04. The van der Waals surface area contributed by atoms with Crippen molar-refractivity contribution >= 4 is 44.7 Å². The second kappa shape index (κ2) is 4.99. The van der Waals surface area contributed by atoms with Crippen LogP contribution in [0.25, 0.3) is 10.2 Å². The fraction of sp³-hybridized carbons (Fsp3) is 0.308. The summed E-state index contributed by atoms with van der Waals surface area (Å²) in [5.74, 6) is 1.46. The molecule has 3 rings (SSSR count). The Kier molecular flexibility index (Phi) is 3.31. The predicted molar refractivity (Wildman–Crippen MR) is 85.7 cm³/mol. The Hall–Kier alpha value is -1.73. The third-order valence-corrected chi connectivity index (χ3v) is 4.85. The Balaban J connectivity index is 2.03. The molecule has 0 saturated heterocycles. The fourth-order valence-electron chi connectivity index (χ4n) is 1.94. The van der Waals surface area contributed by atoms with E-state index < -0.39 is 0 Å². The number of anilines is 2. The monoisotopic (exact) mass is 305 g/mol. The molecular formula is C13H15N5S2. The zero-order chi connectivity index (χ0) is 14.2. The summed E-state index contributed by atoms with van der Waals surface area (Å²) in [7, 11) is 1.82. The summed E-state index contributed by atoms with van der Waals surface area (Å²) in [5, 5.41) is 12.6. The molecule has 0 atom stereocenters. The standard InChI is InChI=1S/C13H15N5S2/c1-13(2,11-15-5-7-20-11)18-9-8-4-6-19-10(8)17-12(14-3)16-9/h4-7H,1-3H3,(H2,14,16,17,18). The summed E-state index contributed by atoms with van der Waals surface area (Å²) in [5.41, 5.74) is -0.275. The van der Waals surface area contributed by atoms with E-state index in [1.165, 1.54) is 0 Å². The van der Waals surface area contributed by atoms with Crippen LogP contribution >= 0.6 is 22.7 Å². The molecule has 3 heterocycles. The molecule has 104 valence electrons. The Morgan fingerprint density at radius 3 is 2.70 bits per heavy atom. The van der Waals surface area contributed by atoms with Crippen LogP contribution in [0.1, 0.15) is 18.9 Å². The second-order valence-corrected chi connectivity index (χ2v) is 6.66. The lowest BCUT2D eigenvalue weighted by Gasteiger charge is -2.25. The van der Waals surface area contributed by atoms with Crippen molar-refractivity contribution in [3.63, 3.8) is 0 Å². The van der Waals surface area contributed by atoms with Crippen LogP contribution in [0.5, 0.6) is 0 Å². The molecule has 0 fully saturated rings. The van der Waals surface area contributed by atoms with Crippen LogP contribution in [-0.2, 0) is 5.54 Å². The number of nitrogens with one attached hydrogen (secondary N) is 2. The molecule has 0 saturated carbocycles.